The number of nitrogens with one attached hydrogen (secondary N) is 2. The number of carbonyl (C=O) groups excluding carboxylic acids is 1. The Balaban J connectivity index is 2.97. The summed E-state index contributed by atoms with van der Waals surface area (Å²) in [5.41, 5.74) is 0. The van der Waals surface area contributed by atoms with E-state index in [-0.39, 0.29) is 29.5 Å². The van der Waals surface area contributed by atoms with Crippen molar-refractivity contribution in [3.8, 4) is 0 Å². The van der Waals surface area contributed by atoms with E-state index in [1.165, 1.54) is 24.3 Å². The van der Waals surface area contributed by atoms with Crippen LogP contribution in [-0.2, 0) is 23.6 Å². The SMILES string of the molecule is CCOP(=O)(OCC)c1ccc(S(=O)(=O)NC(=O)NC(C)CC)cc1. The minimum absolute atomic E-state index is 0.130. The number of rotatable bonds is 9. The van der Waals surface area contributed by atoms with Gasteiger partial charge < -0.3 is 14.4 Å². The lowest BCUT2D eigenvalue weighted by Gasteiger charge is -2.17. The molecule has 10 heteroatoms. The molecule has 0 heterocycles. The normalized spacial score (nSPS) is 13.3. The van der Waals surface area contributed by atoms with Gasteiger partial charge in [0.15, 0.2) is 0 Å². The van der Waals surface area contributed by atoms with Gasteiger partial charge in [-0.3, -0.25) is 4.57 Å². The molecule has 0 spiro atoms. The molecule has 142 valence electrons. The summed E-state index contributed by atoms with van der Waals surface area (Å²) < 4.78 is 49.4. The van der Waals surface area contributed by atoms with Gasteiger partial charge in [0.1, 0.15) is 0 Å². The van der Waals surface area contributed by atoms with Gasteiger partial charge in [-0.2, -0.15) is 0 Å². The summed E-state index contributed by atoms with van der Waals surface area (Å²) in [6, 6.07) is 4.26. The lowest BCUT2D eigenvalue weighted by Crippen LogP contribution is -2.43. The molecule has 0 radical (unpaired) electrons. The van der Waals surface area contributed by atoms with E-state index in [0.717, 1.165) is 0 Å². The third-order valence-corrected chi connectivity index (χ3v) is 6.75. The molecule has 2 N–H and O–H groups in total. The van der Waals surface area contributed by atoms with Gasteiger partial charge in [0.2, 0.25) is 0 Å². The van der Waals surface area contributed by atoms with E-state index in [4.69, 9.17) is 9.05 Å². The molecule has 0 aromatic heterocycles. The number of benzene rings is 1. The first kappa shape index (κ1) is 21.6. The number of carbonyl (C=O) groups is 1. The van der Waals surface area contributed by atoms with Crippen LogP contribution in [0.1, 0.15) is 34.1 Å². The van der Waals surface area contributed by atoms with Crippen LogP contribution in [0.3, 0.4) is 0 Å². The maximum atomic E-state index is 12.6. The largest absolute Gasteiger partial charge is 0.361 e. The highest BCUT2D eigenvalue weighted by molar-refractivity contribution is 7.90. The molecule has 1 atom stereocenters. The van der Waals surface area contributed by atoms with Gasteiger partial charge in [-0.15, -0.1) is 0 Å². The van der Waals surface area contributed by atoms with Gasteiger partial charge in [0.05, 0.1) is 23.4 Å². The van der Waals surface area contributed by atoms with Crippen LogP contribution in [0.4, 0.5) is 4.79 Å². The minimum atomic E-state index is -4.03. The van der Waals surface area contributed by atoms with E-state index in [9.17, 15) is 17.8 Å². The number of hydrogen-bond donors (Lipinski definition) is 2. The summed E-state index contributed by atoms with van der Waals surface area (Å²) >= 11 is 0. The molecule has 1 aromatic carbocycles. The van der Waals surface area contributed by atoms with E-state index < -0.39 is 23.7 Å². The quantitative estimate of drug-likeness (QED) is 0.624. The average molecular weight is 392 g/mol. The molecule has 0 bridgehead atoms. The van der Waals surface area contributed by atoms with E-state index in [2.05, 4.69) is 5.32 Å². The first-order valence-electron chi connectivity index (χ1n) is 8.01. The fourth-order valence-corrected chi connectivity index (χ4v) is 4.35. The molecule has 0 aliphatic rings. The molecule has 8 nitrogen and oxygen atoms in total. The minimum Gasteiger partial charge on any atom is -0.335 e. The Morgan fingerprint density at radius 1 is 1.12 bits per heavy atom. The van der Waals surface area contributed by atoms with Crippen molar-refractivity contribution in [1.82, 2.24) is 10.0 Å². The summed E-state index contributed by atoms with van der Waals surface area (Å²) in [7, 11) is -7.52. The average Bonchev–Trinajstić information content (AvgIpc) is 2.54. The van der Waals surface area contributed by atoms with Gasteiger partial charge in [-0.25, -0.2) is 17.9 Å². The molecular formula is C15H25N2O6PS. The van der Waals surface area contributed by atoms with Gasteiger partial charge >= 0.3 is 13.6 Å². The van der Waals surface area contributed by atoms with Crippen molar-refractivity contribution in [3.63, 3.8) is 0 Å². The summed E-state index contributed by atoms with van der Waals surface area (Å²) in [4.78, 5) is 11.6. The monoisotopic (exact) mass is 392 g/mol. The molecule has 0 fully saturated rings. The Labute approximate surface area is 148 Å². The van der Waals surface area contributed by atoms with Gasteiger partial charge in [-0.05, 0) is 51.5 Å². The molecule has 0 aliphatic carbocycles. The predicted octanol–water partition coefficient (Wildman–Crippen LogP) is 2.36. The van der Waals surface area contributed by atoms with Crippen LogP contribution in [0.25, 0.3) is 0 Å². The Kier molecular flexibility index (Phi) is 8.08. The van der Waals surface area contributed by atoms with Gasteiger partial charge in [0.25, 0.3) is 10.0 Å². The van der Waals surface area contributed by atoms with E-state index >= 15 is 0 Å². The fraction of sp³-hybridized carbons (Fsp3) is 0.533. The number of hydrogen-bond acceptors (Lipinski definition) is 6. The Morgan fingerprint density at radius 3 is 2.08 bits per heavy atom. The predicted molar refractivity (Wildman–Crippen MR) is 95.5 cm³/mol. The van der Waals surface area contributed by atoms with Crippen molar-refractivity contribution in [1.29, 1.82) is 0 Å². The van der Waals surface area contributed by atoms with Crippen LogP contribution in [-0.4, -0.2) is 33.7 Å². The van der Waals surface area contributed by atoms with Crippen LogP contribution >= 0.6 is 7.60 Å². The smallest absolute Gasteiger partial charge is 0.335 e. The van der Waals surface area contributed by atoms with Crippen molar-refractivity contribution in [3.05, 3.63) is 24.3 Å². The van der Waals surface area contributed by atoms with Crippen LogP contribution in [0.5, 0.6) is 0 Å². The lowest BCUT2D eigenvalue weighted by atomic mass is 10.3. The zero-order valence-electron chi connectivity index (χ0n) is 14.8. The first-order valence-corrected chi connectivity index (χ1v) is 11.0. The summed E-state index contributed by atoms with van der Waals surface area (Å²) in [5.74, 6) is 0. The second-order valence-electron chi connectivity index (χ2n) is 5.22. The van der Waals surface area contributed by atoms with E-state index in [0.29, 0.717) is 6.42 Å². The van der Waals surface area contributed by atoms with Gasteiger partial charge in [0, 0.05) is 6.04 Å². The molecule has 1 unspecified atom stereocenters. The number of urea groups is 1. The van der Waals surface area contributed by atoms with Crippen LogP contribution in [0, 0.1) is 0 Å². The highest BCUT2D eigenvalue weighted by Crippen LogP contribution is 2.46. The highest BCUT2D eigenvalue weighted by Gasteiger charge is 2.27. The van der Waals surface area contributed by atoms with Crippen molar-refractivity contribution >= 4 is 29.0 Å². The van der Waals surface area contributed by atoms with Crippen molar-refractivity contribution in [2.24, 2.45) is 0 Å². The number of sulfonamides is 1. The Hall–Kier alpha value is -1.41. The maximum absolute atomic E-state index is 12.6. The van der Waals surface area contributed by atoms with Crippen molar-refractivity contribution in [2.75, 3.05) is 13.2 Å². The highest BCUT2D eigenvalue weighted by atomic mass is 32.2. The molecule has 1 aromatic rings. The molecule has 2 amide bonds. The molecule has 1 rings (SSSR count). The third-order valence-electron chi connectivity index (χ3n) is 3.28. The Morgan fingerprint density at radius 2 is 1.64 bits per heavy atom. The van der Waals surface area contributed by atoms with Crippen molar-refractivity contribution < 1.29 is 26.8 Å². The third kappa shape index (κ3) is 6.11. The van der Waals surface area contributed by atoms with E-state index in [1.54, 1.807) is 20.8 Å². The summed E-state index contributed by atoms with van der Waals surface area (Å²) in [5, 5.41) is 2.76. The zero-order chi connectivity index (χ0) is 19.1. The standard InChI is InChI=1S/C15H25N2O6PS/c1-5-12(4)16-15(18)17-25(20,21)14-10-8-13(9-11-14)24(19,22-6-2)23-7-3/h8-12H,5-7H2,1-4H3,(H2,16,17,18). The van der Waals surface area contributed by atoms with Crippen molar-refractivity contribution in [2.45, 2.75) is 45.1 Å². The van der Waals surface area contributed by atoms with Crippen LogP contribution in [0.2, 0.25) is 0 Å². The first-order chi connectivity index (χ1) is 11.7. The molecule has 0 aliphatic heterocycles. The number of amides is 2. The second kappa shape index (κ2) is 9.33. The molecule has 25 heavy (non-hydrogen) atoms. The Bertz CT molecular complexity index is 710. The van der Waals surface area contributed by atoms with Crippen LogP contribution in [0.15, 0.2) is 29.2 Å². The fourth-order valence-electron chi connectivity index (χ4n) is 1.87. The zero-order valence-corrected chi connectivity index (χ0v) is 16.5. The molecule has 0 saturated carbocycles. The molecule has 0 saturated heterocycles. The summed E-state index contributed by atoms with van der Waals surface area (Å²) in [6.07, 6.45) is 0.673. The summed E-state index contributed by atoms with van der Waals surface area (Å²) in [6.45, 7) is 7.38. The lowest BCUT2D eigenvalue weighted by molar-refractivity contribution is 0.230. The molecular weight excluding hydrogens is 367 g/mol. The topological polar surface area (TPSA) is 111 Å². The van der Waals surface area contributed by atoms with E-state index in [1.807, 2.05) is 11.6 Å². The maximum Gasteiger partial charge on any atom is 0.361 e. The second-order valence-corrected chi connectivity index (χ2v) is 8.93. The van der Waals surface area contributed by atoms with Gasteiger partial charge in [-0.1, -0.05) is 6.92 Å². The van der Waals surface area contributed by atoms with Crippen LogP contribution < -0.4 is 15.3 Å².